The van der Waals surface area contributed by atoms with Gasteiger partial charge >= 0.3 is 0 Å². The van der Waals surface area contributed by atoms with E-state index in [1.165, 1.54) is 30.0 Å². The van der Waals surface area contributed by atoms with Crippen molar-refractivity contribution in [3.8, 4) is 5.75 Å². The van der Waals surface area contributed by atoms with Crippen LogP contribution >= 0.6 is 11.8 Å². The molecule has 0 aliphatic carbocycles. The SMILES string of the molecule is COc1ccc2c(c1)[C@@]1(SCCN1C(=O)c1cccc(F)c1)C(=O)N2Cc1ccccc1C. The molecule has 0 unspecified atom stereocenters. The summed E-state index contributed by atoms with van der Waals surface area (Å²) in [4.78, 5) is 29.8. The second kappa shape index (κ2) is 8.23. The number of nitrogens with zero attached hydrogens (tertiary/aromatic N) is 2. The maximum atomic E-state index is 14.1. The second-order valence-corrected chi connectivity index (χ2v) is 9.45. The Morgan fingerprint density at radius 3 is 2.70 bits per heavy atom. The van der Waals surface area contributed by atoms with Crippen LogP contribution in [0.15, 0.2) is 66.7 Å². The molecule has 0 saturated carbocycles. The van der Waals surface area contributed by atoms with Gasteiger partial charge in [-0.15, -0.1) is 11.8 Å². The molecular formula is C26H23FN2O3S. The van der Waals surface area contributed by atoms with E-state index in [2.05, 4.69) is 0 Å². The Hall–Kier alpha value is -3.32. The Morgan fingerprint density at radius 1 is 1.12 bits per heavy atom. The van der Waals surface area contributed by atoms with E-state index in [1.54, 1.807) is 23.0 Å². The second-order valence-electron chi connectivity index (χ2n) is 8.16. The molecule has 3 aromatic rings. The zero-order valence-electron chi connectivity index (χ0n) is 18.4. The van der Waals surface area contributed by atoms with Crippen molar-refractivity contribution in [2.24, 2.45) is 0 Å². The van der Waals surface area contributed by atoms with Crippen molar-refractivity contribution in [3.05, 3.63) is 94.8 Å². The van der Waals surface area contributed by atoms with Gasteiger partial charge in [-0.05, 0) is 54.4 Å². The summed E-state index contributed by atoms with van der Waals surface area (Å²) in [5.74, 6) is 0.203. The fourth-order valence-electron chi connectivity index (χ4n) is 4.61. The van der Waals surface area contributed by atoms with Crippen LogP contribution in [0.4, 0.5) is 10.1 Å². The van der Waals surface area contributed by atoms with Crippen LogP contribution in [0.2, 0.25) is 0 Å². The molecule has 0 radical (unpaired) electrons. The van der Waals surface area contributed by atoms with Crippen LogP contribution in [0.3, 0.4) is 0 Å². The Kier molecular flexibility index (Phi) is 5.37. The van der Waals surface area contributed by atoms with Gasteiger partial charge < -0.3 is 14.5 Å². The van der Waals surface area contributed by atoms with E-state index >= 15 is 0 Å². The standard InChI is InChI=1S/C26H23FN2O3S/c1-17-6-3-4-7-19(17)16-28-23-11-10-21(32-2)15-22(23)26(25(28)31)29(12-13-33-26)24(30)18-8-5-9-20(27)14-18/h3-11,14-15H,12-13,16H2,1-2H3/t26-/m1/s1. The fourth-order valence-corrected chi connectivity index (χ4v) is 6.07. The highest BCUT2D eigenvalue weighted by molar-refractivity contribution is 8.01. The first-order valence-corrected chi connectivity index (χ1v) is 11.7. The number of amides is 2. The number of methoxy groups -OCH3 is 1. The number of ether oxygens (including phenoxy) is 1. The minimum Gasteiger partial charge on any atom is -0.497 e. The summed E-state index contributed by atoms with van der Waals surface area (Å²) in [6.45, 7) is 2.81. The molecule has 2 aliphatic rings. The first kappa shape index (κ1) is 21.5. The van der Waals surface area contributed by atoms with Crippen molar-refractivity contribution in [2.75, 3.05) is 24.3 Å². The van der Waals surface area contributed by atoms with Gasteiger partial charge in [-0.25, -0.2) is 4.39 Å². The first-order chi connectivity index (χ1) is 16.0. The molecule has 1 atom stereocenters. The van der Waals surface area contributed by atoms with Gasteiger partial charge in [0, 0.05) is 23.4 Å². The molecule has 33 heavy (non-hydrogen) atoms. The number of aryl methyl sites for hydroxylation is 1. The summed E-state index contributed by atoms with van der Waals surface area (Å²) in [5.41, 5.74) is 3.85. The largest absolute Gasteiger partial charge is 0.497 e. The van der Waals surface area contributed by atoms with Gasteiger partial charge in [0.2, 0.25) is 0 Å². The molecule has 5 nitrogen and oxygen atoms in total. The lowest BCUT2D eigenvalue weighted by Gasteiger charge is -2.33. The van der Waals surface area contributed by atoms with Crippen LogP contribution in [0, 0.1) is 12.7 Å². The van der Waals surface area contributed by atoms with Crippen molar-refractivity contribution < 1.29 is 18.7 Å². The number of fused-ring (bicyclic) bond motifs is 2. The van der Waals surface area contributed by atoms with Gasteiger partial charge in [-0.2, -0.15) is 0 Å². The van der Waals surface area contributed by atoms with E-state index < -0.39 is 10.7 Å². The summed E-state index contributed by atoms with van der Waals surface area (Å²) in [6.07, 6.45) is 0. The van der Waals surface area contributed by atoms with Crippen molar-refractivity contribution in [2.45, 2.75) is 18.3 Å². The van der Waals surface area contributed by atoms with E-state index in [1.807, 2.05) is 49.4 Å². The van der Waals surface area contributed by atoms with Crippen LogP contribution in [-0.4, -0.2) is 36.1 Å². The summed E-state index contributed by atoms with van der Waals surface area (Å²) < 4.78 is 19.3. The number of carbonyl (C=O) groups excluding carboxylic acids is 2. The number of benzene rings is 3. The fraction of sp³-hybridized carbons (Fsp3) is 0.231. The van der Waals surface area contributed by atoms with Crippen molar-refractivity contribution >= 4 is 29.3 Å². The lowest BCUT2D eigenvalue weighted by molar-refractivity contribution is -0.123. The predicted molar refractivity (Wildman–Crippen MR) is 127 cm³/mol. The van der Waals surface area contributed by atoms with Gasteiger partial charge in [-0.3, -0.25) is 9.59 Å². The van der Waals surface area contributed by atoms with E-state index in [0.29, 0.717) is 24.6 Å². The normalized spacial score (nSPS) is 19.3. The molecule has 1 saturated heterocycles. The Labute approximate surface area is 196 Å². The average molecular weight is 463 g/mol. The average Bonchev–Trinajstić information content (AvgIpc) is 3.36. The number of halogens is 1. The zero-order valence-corrected chi connectivity index (χ0v) is 19.2. The molecular weight excluding hydrogens is 439 g/mol. The Balaban J connectivity index is 1.63. The van der Waals surface area contributed by atoms with Gasteiger partial charge in [0.1, 0.15) is 11.6 Å². The highest BCUT2D eigenvalue weighted by atomic mass is 32.2. The third kappa shape index (κ3) is 3.38. The number of hydrogen-bond acceptors (Lipinski definition) is 4. The van der Waals surface area contributed by atoms with Crippen molar-refractivity contribution in [1.29, 1.82) is 0 Å². The molecule has 1 spiro atoms. The molecule has 3 aromatic carbocycles. The summed E-state index contributed by atoms with van der Waals surface area (Å²) >= 11 is 1.44. The Morgan fingerprint density at radius 2 is 1.94 bits per heavy atom. The molecule has 168 valence electrons. The number of hydrogen-bond donors (Lipinski definition) is 0. The highest BCUT2D eigenvalue weighted by Crippen LogP contribution is 2.55. The smallest absolute Gasteiger partial charge is 0.268 e. The van der Waals surface area contributed by atoms with Gasteiger partial charge in [0.15, 0.2) is 4.87 Å². The van der Waals surface area contributed by atoms with E-state index in [0.717, 1.165) is 22.4 Å². The van der Waals surface area contributed by atoms with Gasteiger partial charge in [0.05, 0.1) is 19.3 Å². The molecule has 7 heteroatoms. The number of carbonyl (C=O) groups is 2. The molecule has 0 aromatic heterocycles. The molecule has 0 bridgehead atoms. The summed E-state index contributed by atoms with van der Waals surface area (Å²) in [7, 11) is 1.58. The van der Waals surface area contributed by atoms with Crippen molar-refractivity contribution in [3.63, 3.8) is 0 Å². The van der Waals surface area contributed by atoms with Crippen LogP contribution in [0.5, 0.6) is 5.75 Å². The van der Waals surface area contributed by atoms with E-state index in [-0.39, 0.29) is 17.4 Å². The molecule has 2 amide bonds. The number of anilines is 1. The number of thioether (sulfide) groups is 1. The summed E-state index contributed by atoms with van der Waals surface area (Å²) in [6, 6.07) is 19.1. The van der Waals surface area contributed by atoms with Crippen molar-refractivity contribution in [1.82, 2.24) is 4.90 Å². The lowest BCUT2D eigenvalue weighted by atomic mass is 10.0. The zero-order chi connectivity index (χ0) is 23.2. The van der Waals surface area contributed by atoms with Gasteiger partial charge in [-0.1, -0.05) is 30.3 Å². The molecule has 5 rings (SSSR count). The summed E-state index contributed by atoms with van der Waals surface area (Å²) in [5, 5.41) is 0. The monoisotopic (exact) mass is 462 g/mol. The Bertz CT molecular complexity index is 1260. The molecule has 1 fully saturated rings. The highest BCUT2D eigenvalue weighted by Gasteiger charge is 2.59. The third-order valence-corrected chi connectivity index (χ3v) is 7.73. The van der Waals surface area contributed by atoms with E-state index in [9.17, 15) is 14.0 Å². The lowest BCUT2D eigenvalue weighted by Crippen LogP contribution is -2.50. The number of rotatable bonds is 4. The minimum absolute atomic E-state index is 0.166. The van der Waals surface area contributed by atoms with Crippen LogP contribution in [0.1, 0.15) is 27.0 Å². The first-order valence-electron chi connectivity index (χ1n) is 10.7. The van der Waals surface area contributed by atoms with Crippen LogP contribution < -0.4 is 9.64 Å². The quantitative estimate of drug-likeness (QED) is 0.563. The topological polar surface area (TPSA) is 49.9 Å². The maximum Gasteiger partial charge on any atom is 0.268 e. The predicted octanol–water partition coefficient (Wildman–Crippen LogP) is 4.73. The third-order valence-electron chi connectivity index (χ3n) is 6.31. The van der Waals surface area contributed by atoms with E-state index in [4.69, 9.17) is 4.74 Å². The maximum absolute atomic E-state index is 14.1. The molecule has 2 heterocycles. The minimum atomic E-state index is -1.21. The van der Waals surface area contributed by atoms with Crippen LogP contribution in [0.25, 0.3) is 0 Å². The van der Waals surface area contributed by atoms with Crippen LogP contribution in [-0.2, 0) is 16.2 Å². The molecule has 0 N–H and O–H groups in total. The van der Waals surface area contributed by atoms with Gasteiger partial charge in [0.25, 0.3) is 11.8 Å². The molecule has 2 aliphatic heterocycles.